The first-order chi connectivity index (χ1) is 11.7. The van der Waals surface area contributed by atoms with Crippen molar-refractivity contribution in [2.24, 2.45) is 10.9 Å². The Morgan fingerprint density at radius 1 is 1.17 bits per heavy atom. The van der Waals surface area contributed by atoms with Crippen LogP contribution in [-0.2, 0) is 16.1 Å². The van der Waals surface area contributed by atoms with Crippen molar-refractivity contribution in [3.8, 4) is 0 Å². The van der Waals surface area contributed by atoms with Crippen LogP contribution in [0.2, 0.25) is 0 Å². The van der Waals surface area contributed by atoms with Crippen LogP contribution in [0, 0.1) is 0 Å². The van der Waals surface area contributed by atoms with Crippen molar-refractivity contribution in [2.45, 2.75) is 6.42 Å². The van der Waals surface area contributed by atoms with Crippen LogP contribution in [0.25, 0.3) is 16.3 Å². The Hall–Kier alpha value is -2.99. The fraction of sp³-hybridized carbons (Fsp3) is 0.0556. The summed E-state index contributed by atoms with van der Waals surface area (Å²) in [6, 6.07) is 17.3. The van der Waals surface area contributed by atoms with Gasteiger partial charge in [0.05, 0.1) is 16.6 Å². The molecule has 6 heteroatoms. The summed E-state index contributed by atoms with van der Waals surface area (Å²) in [5.74, 6) is -0.373. The molecule has 0 radical (unpaired) electrons. The van der Waals surface area contributed by atoms with Gasteiger partial charge in [-0.3, -0.25) is 0 Å². The van der Waals surface area contributed by atoms with Crippen LogP contribution in [-0.4, -0.2) is 16.8 Å². The fourth-order valence-corrected chi connectivity index (χ4v) is 3.03. The molecule has 0 saturated carbocycles. The highest BCUT2D eigenvalue weighted by Gasteiger charge is 2.06. The lowest BCUT2D eigenvalue weighted by Crippen LogP contribution is -2.16. The molecule has 0 spiro atoms. The quantitative estimate of drug-likeness (QED) is 0.255. The van der Waals surface area contributed by atoms with Gasteiger partial charge in [0.15, 0.2) is 0 Å². The number of hydrogen-bond acceptors (Lipinski definition) is 5. The first kappa shape index (κ1) is 15.9. The van der Waals surface area contributed by atoms with E-state index in [4.69, 9.17) is 10.6 Å². The first-order valence-corrected chi connectivity index (χ1v) is 8.13. The molecular weight excluding hydrogens is 322 g/mol. The van der Waals surface area contributed by atoms with Gasteiger partial charge in [-0.15, -0.1) is 11.3 Å². The number of thiazole rings is 1. The Balaban J connectivity index is 1.57. The lowest BCUT2D eigenvalue weighted by atomic mass is 10.2. The summed E-state index contributed by atoms with van der Waals surface area (Å²) >= 11 is 1.54. The Morgan fingerprint density at radius 3 is 2.71 bits per heavy atom. The maximum atomic E-state index is 11.6. The monoisotopic (exact) mass is 337 g/mol. The molecule has 0 aliphatic carbocycles. The van der Waals surface area contributed by atoms with Gasteiger partial charge >= 0.3 is 5.97 Å². The van der Waals surface area contributed by atoms with Gasteiger partial charge in [0.2, 0.25) is 0 Å². The molecule has 120 valence electrons. The lowest BCUT2D eigenvalue weighted by molar-refractivity contribution is -0.137. The zero-order chi connectivity index (χ0) is 16.8. The normalized spacial score (nSPS) is 11.9. The predicted octanol–water partition coefficient (Wildman–Crippen LogP) is 3.37. The molecule has 2 N–H and O–H groups in total. The zero-order valence-electron chi connectivity index (χ0n) is 12.8. The van der Waals surface area contributed by atoms with E-state index in [1.54, 1.807) is 17.4 Å². The molecule has 0 fully saturated rings. The molecule has 3 rings (SSSR count). The van der Waals surface area contributed by atoms with Gasteiger partial charge in [0.1, 0.15) is 10.8 Å². The van der Waals surface area contributed by atoms with Crippen molar-refractivity contribution >= 4 is 39.4 Å². The number of carbonyl (C=O) groups is 1. The minimum Gasteiger partial charge on any atom is -0.384 e. The number of rotatable bonds is 5. The second kappa shape index (κ2) is 7.52. The van der Waals surface area contributed by atoms with Gasteiger partial charge in [-0.25, -0.2) is 9.78 Å². The van der Waals surface area contributed by atoms with Crippen molar-refractivity contribution in [3.63, 3.8) is 0 Å². The Labute approximate surface area is 143 Å². The number of fused-ring (bicyclic) bond motifs is 1. The molecule has 0 unspecified atom stereocenters. The van der Waals surface area contributed by atoms with Crippen molar-refractivity contribution < 1.29 is 9.63 Å². The number of nitrogens with zero attached hydrogens (tertiary/aromatic N) is 2. The van der Waals surface area contributed by atoms with Crippen molar-refractivity contribution in [1.82, 2.24) is 4.98 Å². The van der Waals surface area contributed by atoms with E-state index in [0.717, 1.165) is 20.8 Å². The average molecular weight is 337 g/mol. The molecule has 0 bridgehead atoms. The summed E-state index contributed by atoms with van der Waals surface area (Å²) in [5, 5.41) is 4.49. The number of nitrogens with two attached hydrogens (primary N) is 1. The summed E-state index contributed by atoms with van der Waals surface area (Å²) < 4.78 is 1.09. The highest BCUT2D eigenvalue weighted by atomic mass is 32.1. The number of carbonyl (C=O) groups excluding carboxylic acids is 1. The van der Waals surface area contributed by atoms with Crippen LogP contribution in [0.1, 0.15) is 10.6 Å². The third-order valence-electron chi connectivity index (χ3n) is 3.13. The summed E-state index contributed by atoms with van der Waals surface area (Å²) in [7, 11) is 0. The second-order valence-corrected chi connectivity index (χ2v) is 6.10. The smallest absolute Gasteiger partial charge is 0.358 e. The molecular formula is C18H15N3O2S. The average Bonchev–Trinajstić information content (AvgIpc) is 3.01. The third kappa shape index (κ3) is 4.27. The number of benzene rings is 2. The van der Waals surface area contributed by atoms with Crippen LogP contribution < -0.4 is 5.73 Å². The predicted molar refractivity (Wildman–Crippen MR) is 96.5 cm³/mol. The summed E-state index contributed by atoms with van der Waals surface area (Å²) in [6.45, 7) is 0. The van der Waals surface area contributed by atoms with E-state index in [9.17, 15) is 4.79 Å². The van der Waals surface area contributed by atoms with Crippen molar-refractivity contribution in [3.05, 3.63) is 71.2 Å². The molecule has 5 nitrogen and oxygen atoms in total. The van der Waals surface area contributed by atoms with Gasteiger partial charge in [-0.2, -0.15) is 0 Å². The topological polar surface area (TPSA) is 77.6 Å². The van der Waals surface area contributed by atoms with Crippen molar-refractivity contribution in [2.75, 3.05) is 0 Å². The molecule has 3 aromatic rings. The standard InChI is InChI=1S/C18H15N3O2S/c19-16(12-17-20-14-8-4-5-9-15(14)24-17)21-23-18(22)11-10-13-6-2-1-3-7-13/h1-11H,12H2,(H2,19,21). The van der Waals surface area contributed by atoms with Gasteiger partial charge in [-0.1, -0.05) is 47.6 Å². The van der Waals surface area contributed by atoms with E-state index in [-0.39, 0.29) is 5.84 Å². The maximum Gasteiger partial charge on any atom is 0.358 e. The second-order valence-electron chi connectivity index (χ2n) is 4.99. The Morgan fingerprint density at radius 2 is 1.92 bits per heavy atom. The molecule has 0 saturated heterocycles. The minimum absolute atomic E-state index is 0.204. The Kier molecular flexibility index (Phi) is 4.98. The third-order valence-corrected chi connectivity index (χ3v) is 4.17. The summed E-state index contributed by atoms with van der Waals surface area (Å²) in [6.07, 6.45) is 3.31. The SMILES string of the molecule is NC(Cc1nc2ccccc2s1)=NOC(=O)C=Cc1ccccc1. The van der Waals surface area contributed by atoms with E-state index in [1.165, 1.54) is 6.08 Å². The van der Waals surface area contributed by atoms with Gasteiger partial charge in [-0.05, 0) is 23.8 Å². The van der Waals surface area contributed by atoms with Crippen LogP contribution in [0.15, 0.2) is 65.8 Å². The number of para-hydroxylation sites is 1. The van der Waals surface area contributed by atoms with E-state index < -0.39 is 5.97 Å². The summed E-state index contributed by atoms with van der Waals surface area (Å²) in [4.78, 5) is 20.9. The number of aromatic nitrogens is 1. The van der Waals surface area contributed by atoms with Gasteiger partial charge in [0.25, 0.3) is 0 Å². The highest BCUT2D eigenvalue weighted by molar-refractivity contribution is 7.18. The van der Waals surface area contributed by atoms with Crippen molar-refractivity contribution in [1.29, 1.82) is 0 Å². The van der Waals surface area contributed by atoms with E-state index >= 15 is 0 Å². The largest absolute Gasteiger partial charge is 0.384 e. The van der Waals surface area contributed by atoms with E-state index in [2.05, 4.69) is 10.1 Å². The van der Waals surface area contributed by atoms with Gasteiger partial charge < -0.3 is 10.6 Å². The van der Waals surface area contributed by atoms with E-state index in [1.807, 2.05) is 54.6 Å². The highest BCUT2D eigenvalue weighted by Crippen LogP contribution is 2.21. The zero-order valence-corrected chi connectivity index (χ0v) is 13.6. The Bertz CT molecular complexity index is 868. The van der Waals surface area contributed by atoms with Crippen LogP contribution >= 0.6 is 11.3 Å². The molecule has 2 aromatic carbocycles. The number of hydrogen-bond donors (Lipinski definition) is 1. The first-order valence-electron chi connectivity index (χ1n) is 7.31. The van der Waals surface area contributed by atoms with E-state index in [0.29, 0.717) is 6.42 Å². The molecule has 24 heavy (non-hydrogen) atoms. The molecule has 1 aromatic heterocycles. The van der Waals surface area contributed by atoms with Crippen LogP contribution in [0.3, 0.4) is 0 Å². The minimum atomic E-state index is -0.578. The fourth-order valence-electron chi connectivity index (χ4n) is 2.05. The maximum absolute atomic E-state index is 11.6. The van der Waals surface area contributed by atoms with Crippen LogP contribution in [0.5, 0.6) is 0 Å². The summed E-state index contributed by atoms with van der Waals surface area (Å²) in [5.41, 5.74) is 7.63. The lowest BCUT2D eigenvalue weighted by Gasteiger charge is -1.96. The molecule has 1 heterocycles. The van der Waals surface area contributed by atoms with Crippen LogP contribution in [0.4, 0.5) is 0 Å². The molecule has 0 atom stereocenters. The number of oxime groups is 1. The van der Waals surface area contributed by atoms with Gasteiger partial charge in [0, 0.05) is 6.08 Å². The molecule has 0 amide bonds. The molecule has 0 aliphatic rings. The molecule has 0 aliphatic heterocycles. The number of amidine groups is 1.